The largest absolute Gasteiger partial charge is 0.478 e. The number of anilines is 1. The minimum absolute atomic E-state index is 0.0627. The molecule has 1 aromatic rings. The first-order valence-corrected chi connectivity index (χ1v) is 6.43. The molecule has 0 aliphatic rings. The molecule has 0 bridgehead atoms. The van der Waals surface area contributed by atoms with Gasteiger partial charge in [0.05, 0.1) is 12.2 Å². The minimum Gasteiger partial charge on any atom is -0.478 e. The van der Waals surface area contributed by atoms with E-state index >= 15 is 0 Å². The number of carboxylic acid groups (broad SMARTS) is 1. The molecule has 0 radical (unpaired) electrons. The molecule has 6 nitrogen and oxygen atoms in total. The maximum atomic E-state index is 11.6. The van der Waals surface area contributed by atoms with Crippen LogP contribution < -0.4 is 5.32 Å². The van der Waals surface area contributed by atoms with Crippen molar-refractivity contribution in [3.8, 4) is 0 Å². The molecule has 0 atom stereocenters. The van der Waals surface area contributed by atoms with E-state index < -0.39 is 17.8 Å². The highest BCUT2D eigenvalue weighted by Crippen LogP contribution is 2.11. The first kappa shape index (κ1) is 16.4. The van der Waals surface area contributed by atoms with Crippen molar-refractivity contribution < 1.29 is 24.2 Å². The van der Waals surface area contributed by atoms with E-state index in [2.05, 4.69) is 5.32 Å². The van der Waals surface area contributed by atoms with Gasteiger partial charge >= 0.3 is 11.9 Å². The van der Waals surface area contributed by atoms with E-state index in [0.29, 0.717) is 17.9 Å². The van der Waals surface area contributed by atoms with E-state index in [0.717, 1.165) is 12.5 Å². The molecule has 21 heavy (non-hydrogen) atoms. The summed E-state index contributed by atoms with van der Waals surface area (Å²) < 4.78 is 4.98. The van der Waals surface area contributed by atoms with Crippen molar-refractivity contribution in [2.75, 3.05) is 11.9 Å². The zero-order chi connectivity index (χ0) is 15.8. The van der Waals surface area contributed by atoms with Crippen molar-refractivity contribution in [1.29, 1.82) is 0 Å². The van der Waals surface area contributed by atoms with E-state index in [4.69, 9.17) is 9.84 Å². The molecule has 0 aromatic heterocycles. The van der Waals surface area contributed by atoms with Crippen LogP contribution in [0.15, 0.2) is 35.9 Å². The smallest absolute Gasteiger partial charge is 0.338 e. The fourth-order valence-corrected chi connectivity index (χ4v) is 1.40. The van der Waals surface area contributed by atoms with Gasteiger partial charge in [-0.25, -0.2) is 9.59 Å². The molecule has 1 rings (SSSR count). The highest BCUT2D eigenvalue weighted by molar-refractivity contribution is 6.04. The van der Waals surface area contributed by atoms with E-state index in [9.17, 15) is 14.4 Å². The number of carbonyl (C=O) groups is 3. The van der Waals surface area contributed by atoms with Crippen molar-refractivity contribution in [3.63, 3.8) is 0 Å². The summed E-state index contributed by atoms with van der Waals surface area (Å²) in [5.74, 6) is -2.12. The summed E-state index contributed by atoms with van der Waals surface area (Å²) in [5.41, 5.74) is 0.785. The van der Waals surface area contributed by atoms with Crippen LogP contribution in [0.4, 0.5) is 5.69 Å². The average Bonchev–Trinajstić information content (AvgIpc) is 2.45. The maximum absolute atomic E-state index is 11.6. The fourth-order valence-electron chi connectivity index (χ4n) is 1.40. The van der Waals surface area contributed by atoms with Crippen LogP contribution in [0.25, 0.3) is 0 Å². The van der Waals surface area contributed by atoms with Crippen LogP contribution in [0.5, 0.6) is 0 Å². The third-order valence-electron chi connectivity index (χ3n) is 2.51. The summed E-state index contributed by atoms with van der Waals surface area (Å²) in [7, 11) is 0. The number of rotatable bonds is 6. The Bertz CT molecular complexity index is 560. The van der Waals surface area contributed by atoms with Crippen molar-refractivity contribution in [2.45, 2.75) is 20.3 Å². The maximum Gasteiger partial charge on any atom is 0.338 e. The number of amides is 1. The van der Waals surface area contributed by atoms with E-state index in [1.807, 2.05) is 6.92 Å². The number of nitrogens with one attached hydrogen (secondary N) is 1. The third-order valence-corrected chi connectivity index (χ3v) is 2.51. The van der Waals surface area contributed by atoms with Crippen molar-refractivity contribution >= 4 is 23.5 Å². The number of carboxylic acids is 1. The molecule has 1 aromatic carbocycles. The van der Waals surface area contributed by atoms with Crippen molar-refractivity contribution in [3.05, 3.63) is 41.5 Å². The molecule has 0 aliphatic carbocycles. The topological polar surface area (TPSA) is 92.7 Å². The number of carbonyl (C=O) groups excluding carboxylic acids is 2. The van der Waals surface area contributed by atoms with Gasteiger partial charge in [0.2, 0.25) is 5.91 Å². The lowest BCUT2D eigenvalue weighted by Crippen LogP contribution is -2.11. The zero-order valence-corrected chi connectivity index (χ0v) is 11.9. The van der Waals surface area contributed by atoms with Crippen LogP contribution in [0, 0.1) is 0 Å². The Morgan fingerprint density at radius 3 is 2.38 bits per heavy atom. The predicted molar refractivity (Wildman–Crippen MR) is 77.0 cm³/mol. The van der Waals surface area contributed by atoms with E-state index in [1.165, 1.54) is 19.1 Å². The summed E-state index contributed by atoms with van der Waals surface area (Å²) in [4.78, 5) is 33.7. The van der Waals surface area contributed by atoms with E-state index in [-0.39, 0.29) is 5.57 Å². The van der Waals surface area contributed by atoms with Gasteiger partial charge in [0, 0.05) is 17.3 Å². The van der Waals surface area contributed by atoms with Crippen molar-refractivity contribution in [1.82, 2.24) is 0 Å². The summed E-state index contributed by atoms with van der Waals surface area (Å²) in [6, 6.07) is 6.15. The van der Waals surface area contributed by atoms with Gasteiger partial charge in [0.1, 0.15) is 0 Å². The second-order valence-electron chi connectivity index (χ2n) is 4.34. The number of esters is 1. The Balaban J connectivity index is 2.67. The standard InChI is InChI=1S/C15H17NO5/c1-3-8-21-15(20)11-4-6-12(7-5-11)16-13(17)9-10(2)14(18)19/h4-7,9H,3,8H2,1-2H3,(H,16,17)(H,18,19)/b10-9+. The molecular formula is C15H17NO5. The Kier molecular flexibility index (Phi) is 6.13. The van der Waals surface area contributed by atoms with Gasteiger partial charge in [-0.2, -0.15) is 0 Å². The number of benzene rings is 1. The lowest BCUT2D eigenvalue weighted by atomic mass is 10.2. The monoisotopic (exact) mass is 291 g/mol. The number of hydrogen-bond donors (Lipinski definition) is 2. The van der Waals surface area contributed by atoms with Gasteiger partial charge in [-0.3, -0.25) is 4.79 Å². The molecular weight excluding hydrogens is 274 g/mol. The second-order valence-corrected chi connectivity index (χ2v) is 4.34. The number of ether oxygens (including phenoxy) is 1. The molecule has 1 amide bonds. The zero-order valence-electron chi connectivity index (χ0n) is 11.9. The quantitative estimate of drug-likeness (QED) is 0.619. The van der Waals surface area contributed by atoms with Crippen LogP contribution in [-0.2, 0) is 14.3 Å². The molecule has 112 valence electrons. The molecule has 0 aliphatic heterocycles. The molecule has 6 heteroatoms. The fraction of sp³-hybridized carbons (Fsp3) is 0.267. The lowest BCUT2D eigenvalue weighted by Gasteiger charge is -2.05. The second kappa shape index (κ2) is 7.84. The predicted octanol–water partition coefficient (Wildman–Crippen LogP) is 2.22. The Labute approximate surface area is 122 Å². The summed E-state index contributed by atoms with van der Waals surface area (Å²) in [5, 5.41) is 11.2. The Morgan fingerprint density at radius 2 is 1.86 bits per heavy atom. The van der Waals surface area contributed by atoms with Gasteiger partial charge in [-0.05, 0) is 37.6 Å². The SMILES string of the molecule is CCCOC(=O)c1ccc(NC(=O)/C=C(\C)C(=O)O)cc1. The van der Waals surface area contributed by atoms with Crippen LogP contribution in [0.1, 0.15) is 30.6 Å². The van der Waals surface area contributed by atoms with Gasteiger partial charge in [0.15, 0.2) is 0 Å². The summed E-state index contributed by atoms with van der Waals surface area (Å²) in [6.45, 7) is 3.59. The molecule has 0 fully saturated rings. The summed E-state index contributed by atoms with van der Waals surface area (Å²) >= 11 is 0. The lowest BCUT2D eigenvalue weighted by molar-refractivity contribution is -0.132. The van der Waals surface area contributed by atoms with Crippen molar-refractivity contribution in [2.24, 2.45) is 0 Å². The highest BCUT2D eigenvalue weighted by Gasteiger charge is 2.08. The van der Waals surface area contributed by atoms with E-state index in [1.54, 1.807) is 12.1 Å². The normalized spacial score (nSPS) is 10.9. The Hall–Kier alpha value is -2.63. The molecule has 0 saturated carbocycles. The molecule has 0 heterocycles. The van der Waals surface area contributed by atoms with Crippen LogP contribution in [0.2, 0.25) is 0 Å². The molecule has 0 unspecified atom stereocenters. The van der Waals surface area contributed by atoms with Crippen LogP contribution in [0.3, 0.4) is 0 Å². The summed E-state index contributed by atoms with van der Waals surface area (Å²) in [6.07, 6.45) is 1.74. The van der Waals surface area contributed by atoms with Gasteiger partial charge in [0.25, 0.3) is 0 Å². The molecule has 0 saturated heterocycles. The molecule has 2 N–H and O–H groups in total. The highest BCUT2D eigenvalue weighted by atomic mass is 16.5. The van der Waals surface area contributed by atoms with Gasteiger partial charge in [-0.15, -0.1) is 0 Å². The number of hydrogen-bond acceptors (Lipinski definition) is 4. The number of aliphatic carboxylic acids is 1. The molecule has 0 spiro atoms. The average molecular weight is 291 g/mol. The van der Waals surface area contributed by atoms with Gasteiger partial charge in [-0.1, -0.05) is 6.92 Å². The minimum atomic E-state index is -1.15. The van der Waals surface area contributed by atoms with Crippen LogP contribution >= 0.6 is 0 Å². The first-order valence-electron chi connectivity index (χ1n) is 6.43. The Morgan fingerprint density at radius 1 is 1.24 bits per heavy atom. The third kappa shape index (κ3) is 5.48. The first-order chi connectivity index (χ1) is 9.93. The van der Waals surface area contributed by atoms with Crippen LogP contribution in [-0.4, -0.2) is 29.6 Å². The van der Waals surface area contributed by atoms with Gasteiger partial charge < -0.3 is 15.2 Å².